The van der Waals surface area contributed by atoms with Crippen LogP contribution in [0.1, 0.15) is 23.7 Å². The van der Waals surface area contributed by atoms with Gasteiger partial charge in [-0.15, -0.1) is 0 Å². The maximum absolute atomic E-state index is 10.8. The second-order valence-corrected chi connectivity index (χ2v) is 8.87. The molecule has 0 saturated carbocycles. The summed E-state index contributed by atoms with van der Waals surface area (Å²) in [5.74, 6) is 0.778. The van der Waals surface area contributed by atoms with Crippen LogP contribution in [0.5, 0.6) is 23.0 Å². The number of methoxy groups -OCH3 is 2. The van der Waals surface area contributed by atoms with Crippen molar-refractivity contribution in [2.24, 2.45) is 0 Å². The van der Waals surface area contributed by atoms with E-state index < -0.39 is 56.1 Å². The quantitative estimate of drug-likeness (QED) is 0.164. The molecule has 12 nitrogen and oxygen atoms in total. The van der Waals surface area contributed by atoms with Crippen LogP contribution < -0.4 is 14.2 Å². The van der Waals surface area contributed by atoms with Crippen LogP contribution in [0.3, 0.4) is 0 Å². The van der Waals surface area contributed by atoms with Gasteiger partial charge in [-0.1, -0.05) is 12.1 Å². The summed E-state index contributed by atoms with van der Waals surface area (Å²) in [5, 5.41) is 69.4. The SMILES string of the molecule is COc1cc(C(O)C(CO)Oc2ccc(CCCO[C@@H]3O[C@H](CO)[C@@H](O)[C@H](O)[C@H]3O)cc2OC)ccc1O. The first-order valence-corrected chi connectivity index (χ1v) is 12.2. The van der Waals surface area contributed by atoms with Crippen LogP contribution in [0, 0.1) is 0 Å². The molecule has 0 radical (unpaired) electrons. The molecule has 38 heavy (non-hydrogen) atoms. The fourth-order valence-electron chi connectivity index (χ4n) is 4.10. The van der Waals surface area contributed by atoms with Crippen LogP contribution in [-0.4, -0.2) is 107 Å². The Morgan fingerprint density at radius 3 is 2.29 bits per heavy atom. The standard InChI is InChI=1S/C26H36O12/c1-34-18-11-15(6-7-16(18)29)22(30)20(12-27)37-17-8-5-14(10-19(17)35-2)4-3-9-36-26-25(33)24(32)23(31)21(13-28)38-26/h5-8,10-11,20-33H,3-4,9,12-13H2,1-2H3/t20?,21-,22?,23-,24+,25-,26-/m1/s1. The number of aromatic hydroxyl groups is 1. The number of rotatable bonds is 13. The van der Waals surface area contributed by atoms with Crippen molar-refractivity contribution >= 4 is 0 Å². The molecule has 1 aliphatic rings. The van der Waals surface area contributed by atoms with E-state index in [0.29, 0.717) is 29.9 Å². The fraction of sp³-hybridized carbons (Fsp3) is 0.538. The van der Waals surface area contributed by atoms with Gasteiger partial charge in [0.2, 0.25) is 0 Å². The predicted molar refractivity (Wildman–Crippen MR) is 132 cm³/mol. The molecule has 1 heterocycles. The number of aliphatic hydroxyl groups is 6. The molecule has 0 amide bonds. The third-order valence-corrected chi connectivity index (χ3v) is 6.32. The van der Waals surface area contributed by atoms with E-state index in [1.165, 1.54) is 32.4 Å². The summed E-state index contributed by atoms with van der Waals surface area (Å²) in [5.41, 5.74) is 1.25. The lowest BCUT2D eigenvalue weighted by atomic mass is 9.99. The molecular weight excluding hydrogens is 504 g/mol. The summed E-state index contributed by atoms with van der Waals surface area (Å²) < 4.78 is 27.2. The third-order valence-electron chi connectivity index (χ3n) is 6.32. The Hall–Kier alpha value is -2.68. The van der Waals surface area contributed by atoms with Crippen LogP contribution >= 0.6 is 0 Å². The molecule has 2 unspecified atom stereocenters. The van der Waals surface area contributed by atoms with Crippen LogP contribution in [0.2, 0.25) is 0 Å². The highest BCUT2D eigenvalue weighted by Crippen LogP contribution is 2.34. The van der Waals surface area contributed by atoms with E-state index >= 15 is 0 Å². The van der Waals surface area contributed by atoms with E-state index in [-0.39, 0.29) is 18.1 Å². The summed E-state index contributed by atoms with van der Waals surface area (Å²) >= 11 is 0. The number of aryl methyl sites for hydroxylation is 1. The highest BCUT2D eigenvalue weighted by molar-refractivity contribution is 5.44. The molecule has 12 heteroatoms. The van der Waals surface area contributed by atoms with Gasteiger partial charge in [0, 0.05) is 0 Å². The van der Waals surface area contributed by atoms with Gasteiger partial charge in [0.05, 0.1) is 34.0 Å². The monoisotopic (exact) mass is 540 g/mol. The fourth-order valence-corrected chi connectivity index (χ4v) is 4.10. The largest absolute Gasteiger partial charge is 0.504 e. The van der Waals surface area contributed by atoms with E-state index in [1.54, 1.807) is 18.2 Å². The minimum atomic E-state index is -1.50. The molecule has 7 atom stereocenters. The van der Waals surface area contributed by atoms with Crippen molar-refractivity contribution in [3.05, 3.63) is 47.5 Å². The zero-order chi connectivity index (χ0) is 27.8. The molecule has 0 aromatic heterocycles. The summed E-state index contributed by atoms with van der Waals surface area (Å²) in [6.45, 7) is -0.862. The molecule has 0 spiro atoms. The third kappa shape index (κ3) is 7.04. The van der Waals surface area contributed by atoms with Crippen LogP contribution in [0.15, 0.2) is 36.4 Å². The number of aliphatic hydroxyl groups excluding tert-OH is 6. The summed E-state index contributed by atoms with van der Waals surface area (Å²) in [7, 11) is 2.85. The Labute approximate surface area is 220 Å². The van der Waals surface area contributed by atoms with Crippen molar-refractivity contribution in [3.63, 3.8) is 0 Å². The first-order valence-electron chi connectivity index (χ1n) is 12.2. The Morgan fingerprint density at radius 2 is 1.63 bits per heavy atom. The van der Waals surface area contributed by atoms with Gasteiger partial charge in [0.25, 0.3) is 0 Å². The molecule has 1 aliphatic heterocycles. The average molecular weight is 541 g/mol. The summed E-state index contributed by atoms with van der Waals surface area (Å²) in [6.07, 6.45) is -7.82. The molecule has 212 valence electrons. The Kier molecular flexibility index (Phi) is 10.9. The van der Waals surface area contributed by atoms with E-state index in [4.69, 9.17) is 23.7 Å². The lowest BCUT2D eigenvalue weighted by Gasteiger charge is -2.39. The molecule has 2 aromatic rings. The van der Waals surface area contributed by atoms with Crippen LogP contribution in [0.25, 0.3) is 0 Å². The number of hydrogen-bond acceptors (Lipinski definition) is 12. The Balaban J connectivity index is 1.58. The number of ether oxygens (including phenoxy) is 5. The molecule has 1 saturated heterocycles. The van der Waals surface area contributed by atoms with E-state index in [2.05, 4.69) is 0 Å². The Morgan fingerprint density at radius 1 is 0.895 bits per heavy atom. The molecule has 2 aromatic carbocycles. The average Bonchev–Trinajstić information content (AvgIpc) is 2.94. The molecule has 1 fully saturated rings. The Bertz CT molecular complexity index is 1020. The molecule has 0 bridgehead atoms. The van der Waals surface area contributed by atoms with E-state index in [1.807, 2.05) is 0 Å². The number of phenolic OH excluding ortho intramolecular Hbond substituents is 1. The maximum atomic E-state index is 10.8. The van der Waals surface area contributed by atoms with Gasteiger partial charge in [-0.3, -0.25) is 0 Å². The summed E-state index contributed by atoms with van der Waals surface area (Å²) in [4.78, 5) is 0. The molecular formula is C26H36O12. The maximum Gasteiger partial charge on any atom is 0.186 e. The lowest BCUT2D eigenvalue weighted by molar-refractivity contribution is -0.301. The van der Waals surface area contributed by atoms with Crippen molar-refractivity contribution < 1.29 is 59.4 Å². The predicted octanol–water partition coefficient (Wildman–Crippen LogP) is -0.368. The van der Waals surface area contributed by atoms with Gasteiger partial charge < -0.3 is 59.4 Å². The van der Waals surface area contributed by atoms with Crippen molar-refractivity contribution in [3.8, 4) is 23.0 Å². The number of phenols is 1. The zero-order valence-electron chi connectivity index (χ0n) is 21.2. The number of hydrogen-bond donors (Lipinski definition) is 7. The zero-order valence-corrected chi connectivity index (χ0v) is 21.2. The van der Waals surface area contributed by atoms with Gasteiger partial charge in [0.1, 0.15) is 30.5 Å². The minimum absolute atomic E-state index is 0.0826. The van der Waals surface area contributed by atoms with E-state index in [9.17, 15) is 35.7 Å². The van der Waals surface area contributed by atoms with Crippen molar-refractivity contribution in [1.29, 1.82) is 0 Å². The minimum Gasteiger partial charge on any atom is -0.504 e. The van der Waals surface area contributed by atoms with Gasteiger partial charge >= 0.3 is 0 Å². The van der Waals surface area contributed by atoms with Crippen LogP contribution in [0.4, 0.5) is 0 Å². The first-order chi connectivity index (χ1) is 18.2. The van der Waals surface area contributed by atoms with Gasteiger partial charge in [-0.05, 0) is 48.2 Å². The van der Waals surface area contributed by atoms with Gasteiger partial charge in [-0.25, -0.2) is 0 Å². The number of benzene rings is 2. The van der Waals surface area contributed by atoms with E-state index in [0.717, 1.165) is 5.56 Å². The van der Waals surface area contributed by atoms with Crippen molar-refractivity contribution in [1.82, 2.24) is 0 Å². The second kappa shape index (κ2) is 13.9. The first kappa shape index (κ1) is 29.9. The van der Waals surface area contributed by atoms with Crippen molar-refractivity contribution in [2.45, 2.75) is 55.8 Å². The van der Waals surface area contributed by atoms with Gasteiger partial charge in [0.15, 0.2) is 35.4 Å². The summed E-state index contributed by atoms with van der Waals surface area (Å²) in [6, 6.07) is 9.52. The molecule has 7 N–H and O–H groups in total. The highest BCUT2D eigenvalue weighted by Gasteiger charge is 2.43. The topological polar surface area (TPSA) is 188 Å². The smallest absolute Gasteiger partial charge is 0.186 e. The highest BCUT2D eigenvalue weighted by atomic mass is 16.7. The van der Waals surface area contributed by atoms with Crippen molar-refractivity contribution in [2.75, 3.05) is 34.0 Å². The van der Waals surface area contributed by atoms with Crippen LogP contribution in [-0.2, 0) is 15.9 Å². The second-order valence-electron chi connectivity index (χ2n) is 8.87. The molecule has 3 rings (SSSR count). The van der Waals surface area contributed by atoms with Gasteiger partial charge in [-0.2, -0.15) is 0 Å². The molecule has 0 aliphatic carbocycles. The normalized spacial score (nSPS) is 25.0. The lowest BCUT2D eigenvalue weighted by Crippen LogP contribution is -2.59.